The highest BCUT2D eigenvalue weighted by molar-refractivity contribution is 5.68. The van der Waals surface area contributed by atoms with Gasteiger partial charge in [-0.25, -0.2) is 4.79 Å². The van der Waals surface area contributed by atoms with Crippen molar-refractivity contribution in [1.82, 2.24) is 5.32 Å². The van der Waals surface area contributed by atoms with Crippen molar-refractivity contribution in [2.45, 2.75) is 24.8 Å². The average molecular weight is 158 g/mol. The molecule has 0 aliphatic heterocycles. The van der Waals surface area contributed by atoms with Crippen LogP contribution < -0.4 is 11.1 Å². The van der Waals surface area contributed by atoms with Crippen molar-refractivity contribution in [2.75, 3.05) is 13.7 Å². The van der Waals surface area contributed by atoms with Crippen LogP contribution in [0.4, 0.5) is 4.79 Å². The Balaban J connectivity index is 2.38. The number of amides is 1. The van der Waals surface area contributed by atoms with Gasteiger partial charge in [0.2, 0.25) is 0 Å². The Kier molecular flexibility index (Phi) is 2.34. The van der Waals surface area contributed by atoms with Crippen molar-refractivity contribution >= 4 is 6.09 Å². The first-order valence-corrected chi connectivity index (χ1v) is 3.79. The van der Waals surface area contributed by atoms with Gasteiger partial charge < -0.3 is 15.8 Å². The molecule has 1 aliphatic carbocycles. The lowest BCUT2D eigenvalue weighted by atomic mass is 9.77. The summed E-state index contributed by atoms with van der Waals surface area (Å²) < 4.78 is 4.48. The molecule has 0 atom stereocenters. The first-order valence-electron chi connectivity index (χ1n) is 3.79. The predicted octanol–water partition coefficient (Wildman–Crippen LogP) is 0.224. The molecule has 0 aromatic rings. The standard InChI is InChI=1S/C7H14N2O2/c1-11-6(10)9-7(5-8)3-2-4-7/h2-5,8H2,1H3,(H,9,10). The smallest absolute Gasteiger partial charge is 0.407 e. The van der Waals surface area contributed by atoms with E-state index in [-0.39, 0.29) is 11.6 Å². The highest BCUT2D eigenvalue weighted by Gasteiger charge is 2.37. The molecule has 1 fully saturated rings. The first-order chi connectivity index (χ1) is 5.22. The Morgan fingerprint density at radius 3 is 2.64 bits per heavy atom. The maximum absolute atomic E-state index is 10.8. The molecular formula is C7H14N2O2. The van der Waals surface area contributed by atoms with Crippen LogP contribution in [0.5, 0.6) is 0 Å². The van der Waals surface area contributed by atoms with E-state index in [2.05, 4.69) is 10.1 Å². The third-order valence-corrected chi connectivity index (χ3v) is 2.25. The number of hydrogen-bond acceptors (Lipinski definition) is 3. The molecule has 0 saturated heterocycles. The van der Waals surface area contributed by atoms with Gasteiger partial charge in [-0.1, -0.05) is 0 Å². The fourth-order valence-corrected chi connectivity index (χ4v) is 1.25. The predicted molar refractivity (Wildman–Crippen MR) is 41.2 cm³/mol. The van der Waals surface area contributed by atoms with Crippen molar-refractivity contribution in [1.29, 1.82) is 0 Å². The number of nitrogens with two attached hydrogens (primary N) is 1. The Bertz CT molecular complexity index is 149. The lowest BCUT2D eigenvalue weighted by molar-refractivity contribution is 0.132. The number of carbonyl (C=O) groups excluding carboxylic acids is 1. The number of carbonyl (C=O) groups is 1. The number of hydrogen-bond donors (Lipinski definition) is 2. The number of methoxy groups -OCH3 is 1. The zero-order chi connectivity index (χ0) is 8.32. The van der Waals surface area contributed by atoms with E-state index >= 15 is 0 Å². The molecule has 64 valence electrons. The molecule has 0 unspecified atom stereocenters. The molecule has 0 heterocycles. The second-order valence-corrected chi connectivity index (χ2v) is 2.95. The third-order valence-electron chi connectivity index (χ3n) is 2.25. The molecule has 1 saturated carbocycles. The van der Waals surface area contributed by atoms with Gasteiger partial charge in [-0.15, -0.1) is 0 Å². The summed E-state index contributed by atoms with van der Waals surface area (Å²) in [6.45, 7) is 0.502. The molecule has 11 heavy (non-hydrogen) atoms. The van der Waals surface area contributed by atoms with Crippen LogP contribution in [0.1, 0.15) is 19.3 Å². The van der Waals surface area contributed by atoms with Crippen LogP contribution in [0.25, 0.3) is 0 Å². The summed E-state index contributed by atoms with van der Waals surface area (Å²) in [4.78, 5) is 10.8. The molecule has 0 radical (unpaired) electrons. The lowest BCUT2D eigenvalue weighted by Crippen LogP contribution is -2.58. The van der Waals surface area contributed by atoms with Crippen LogP contribution in [-0.2, 0) is 4.74 Å². The summed E-state index contributed by atoms with van der Waals surface area (Å²) in [5.41, 5.74) is 5.34. The van der Waals surface area contributed by atoms with Gasteiger partial charge in [-0.3, -0.25) is 0 Å². The summed E-state index contributed by atoms with van der Waals surface area (Å²) in [7, 11) is 1.36. The molecule has 0 spiro atoms. The lowest BCUT2D eigenvalue weighted by Gasteiger charge is -2.40. The maximum Gasteiger partial charge on any atom is 0.407 e. The summed E-state index contributed by atoms with van der Waals surface area (Å²) in [6.07, 6.45) is 2.70. The van der Waals surface area contributed by atoms with Crippen molar-refractivity contribution in [3.05, 3.63) is 0 Å². The van der Waals surface area contributed by atoms with Crippen LogP contribution in [0.3, 0.4) is 0 Å². The van der Waals surface area contributed by atoms with Crippen LogP contribution in [0, 0.1) is 0 Å². The molecule has 0 aromatic carbocycles. The Hall–Kier alpha value is -0.770. The van der Waals surface area contributed by atoms with Gasteiger partial charge in [0.1, 0.15) is 0 Å². The Labute approximate surface area is 66.1 Å². The second kappa shape index (κ2) is 3.09. The zero-order valence-corrected chi connectivity index (χ0v) is 6.72. The van der Waals surface area contributed by atoms with Gasteiger partial charge in [0, 0.05) is 6.54 Å². The van der Waals surface area contributed by atoms with E-state index < -0.39 is 0 Å². The van der Waals surface area contributed by atoms with E-state index in [4.69, 9.17) is 5.73 Å². The monoisotopic (exact) mass is 158 g/mol. The largest absolute Gasteiger partial charge is 0.453 e. The minimum atomic E-state index is -0.379. The maximum atomic E-state index is 10.8. The van der Waals surface area contributed by atoms with E-state index in [9.17, 15) is 4.79 Å². The quantitative estimate of drug-likeness (QED) is 0.604. The zero-order valence-electron chi connectivity index (χ0n) is 6.72. The minimum absolute atomic E-state index is 0.160. The normalized spacial score (nSPS) is 20.2. The van der Waals surface area contributed by atoms with Crippen LogP contribution >= 0.6 is 0 Å². The van der Waals surface area contributed by atoms with Crippen LogP contribution in [-0.4, -0.2) is 25.3 Å². The number of nitrogens with one attached hydrogen (secondary N) is 1. The summed E-state index contributed by atoms with van der Waals surface area (Å²) >= 11 is 0. The van der Waals surface area contributed by atoms with Crippen LogP contribution in [0.2, 0.25) is 0 Å². The van der Waals surface area contributed by atoms with Gasteiger partial charge in [0.25, 0.3) is 0 Å². The van der Waals surface area contributed by atoms with Crippen molar-refractivity contribution < 1.29 is 9.53 Å². The highest BCUT2D eigenvalue weighted by Crippen LogP contribution is 2.30. The molecule has 4 nitrogen and oxygen atoms in total. The number of alkyl carbamates (subject to hydrolysis) is 1. The Morgan fingerprint density at radius 1 is 1.73 bits per heavy atom. The molecule has 1 amide bonds. The molecule has 0 aromatic heterocycles. The van der Waals surface area contributed by atoms with Crippen molar-refractivity contribution in [3.8, 4) is 0 Å². The van der Waals surface area contributed by atoms with E-state index in [0.29, 0.717) is 6.54 Å². The fourth-order valence-electron chi connectivity index (χ4n) is 1.25. The third kappa shape index (κ3) is 1.63. The molecule has 3 N–H and O–H groups in total. The number of ether oxygens (including phenoxy) is 1. The fraction of sp³-hybridized carbons (Fsp3) is 0.857. The van der Waals surface area contributed by atoms with Gasteiger partial charge in [0.05, 0.1) is 12.6 Å². The minimum Gasteiger partial charge on any atom is -0.453 e. The molecule has 1 rings (SSSR count). The topological polar surface area (TPSA) is 64.3 Å². The molecular weight excluding hydrogens is 144 g/mol. The Morgan fingerprint density at radius 2 is 2.36 bits per heavy atom. The van der Waals surface area contributed by atoms with Crippen molar-refractivity contribution in [3.63, 3.8) is 0 Å². The van der Waals surface area contributed by atoms with E-state index in [0.717, 1.165) is 19.3 Å². The van der Waals surface area contributed by atoms with Gasteiger partial charge in [0.15, 0.2) is 0 Å². The highest BCUT2D eigenvalue weighted by atomic mass is 16.5. The number of rotatable bonds is 2. The van der Waals surface area contributed by atoms with E-state index in [1.165, 1.54) is 7.11 Å². The van der Waals surface area contributed by atoms with Crippen molar-refractivity contribution in [2.24, 2.45) is 5.73 Å². The first kappa shape index (κ1) is 8.33. The van der Waals surface area contributed by atoms with E-state index in [1.807, 2.05) is 0 Å². The summed E-state index contributed by atoms with van der Waals surface area (Å²) in [6, 6.07) is 0. The summed E-state index contributed by atoms with van der Waals surface area (Å²) in [5.74, 6) is 0. The van der Waals surface area contributed by atoms with E-state index in [1.54, 1.807) is 0 Å². The molecule has 4 heteroatoms. The van der Waals surface area contributed by atoms with Gasteiger partial charge in [-0.2, -0.15) is 0 Å². The molecule has 0 bridgehead atoms. The van der Waals surface area contributed by atoms with Crippen LogP contribution in [0.15, 0.2) is 0 Å². The van der Waals surface area contributed by atoms with Gasteiger partial charge in [-0.05, 0) is 19.3 Å². The second-order valence-electron chi connectivity index (χ2n) is 2.95. The van der Waals surface area contributed by atoms with Gasteiger partial charge >= 0.3 is 6.09 Å². The SMILES string of the molecule is COC(=O)NC1(CN)CCC1. The average Bonchev–Trinajstić information content (AvgIpc) is 1.96. The summed E-state index contributed by atoms with van der Waals surface area (Å²) in [5, 5.41) is 2.74. The molecule has 1 aliphatic rings.